The number of fused-ring (bicyclic) bond motifs is 1. The highest BCUT2D eigenvalue weighted by Gasteiger charge is 2.23. The molecule has 0 spiro atoms. The van der Waals surface area contributed by atoms with Crippen molar-refractivity contribution in [3.8, 4) is 11.5 Å². The molecule has 1 amide bonds. The second-order valence-corrected chi connectivity index (χ2v) is 9.38. The van der Waals surface area contributed by atoms with E-state index in [1.165, 1.54) is 18.2 Å². The summed E-state index contributed by atoms with van der Waals surface area (Å²) in [5.74, 6) is 1.03. The van der Waals surface area contributed by atoms with Crippen molar-refractivity contribution in [2.45, 2.75) is 25.9 Å². The molecule has 2 aromatic carbocycles. The lowest BCUT2D eigenvalue weighted by Gasteiger charge is -2.26. The van der Waals surface area contributed by atoms with Gasteiger partial charge < -0.3 is 14.8 Å². The summed E-state index contributed by atoms with van der Waals surface area (Å²) >= 11 is 0. The summed E-state index contributed by atoms with van der Waals surface area (Å²) in [6.45, 7) is 2.26. The Kier molecular flexibility index (Phi) is 7.18. The number of carbonyl (C=O) groups is 1. The number of nitro benzene ring substituents is 1. The molecule has 0 saturated carbocycles. The molecule has 0 aromatic heterocycles. The number of carbonyl (C=O) groups excluding carboxylic acids is 1. The van der Waals surface area contributed by atoms with Crippen molar-refractivity contribution < 1.29 is 27.6 Å². The smallest absolute Gasteiger partial charge is 0.271 e. The summed E-state index contributed by atoms with van der Waals surface area (Å²) in [5.41, 5.74) is 0.613. The third-order valence-corrected chi connectivity index (χ3v) is 6.11. The van der Waals surface area contributed by atoms with Crippen LogP contribution in [0.2, 0.25) is 0 Å². The highest BCUT2D eigenvalue weighted by Crippen LogP contribution is 2.31. The van der Waals surface area contributed by atoms with Gasteiger partial charge in [0.15, 0.2) is 11.5 Å². The standard InChI is InChI=1S/C21H25N3O7S/c1-15-9-10-16(24(26)27)12-18(15)23(32(2,28)29)11-5-8-21(25)22-13-17-14-30-19-6-3-4-7-20(19)31-17/h3-4,6-7,9-10,12,17H,5,8,11,13-14H2,1-2H3,(H,22,25)/t17-/m0/s1. The quantitative estimate of drug-likeness (QED) is 0.447. The average Bonchev–Trinajstić information content (AvgIpc) is 2.75. The molecule has 0 radical (unpaired) electrons. The molecule has 1 atom stereocenters. The fraction of sp³-hybridized carbons (Fsp3) is 0.381. The second-order valence-electron chi connectivity index (χ2n) is 7.47. The van der Waals surface area contributed by atoms with Gasteiger partial charge in [-0.2, -0.15) is 0 Å². The number of nitro groups is 1. The largest absolute Gasteiger partial charge is 0.486 e. The fourth-order valence-corrected chi connectivity index (χ4v) is 4.32. The van der Waals surface area contributed by atoms with Crippen LogP contribution in [0.4, 0.5) is 11.4 Å². The van der Waals surface area contributed by atoms with Gasteiger partial charge in [-0.25, -0.2) is 8.42 Å². The van der Waals surface area contributed by atoms with Crippen LogP contribution in [0.1, 0.15) is 18.4 Å². The topological polar surface area (TPSA) is 128 Å². The minimum Gasteiger partial charge on any atom is -0.486 e. The molecule has 3 rings (SSSR count). The van der Waals surface area contributed by atoms with Crippen molar-refractivity contribution in [2.75, 3.05) is 30.3 Å². The molecular formula is C21H25N3O7S. The third kappa shape index (κ3) is 5.88. The maximum Gasteiger partial charge on any atom is 0.271 e. The van der Waals surface area contributed by atoms with Crippen molar-refractivity contribution in [3.05, 3.63) is 58.1 Å². The van der Waals surface area contributed by atoms with Crippen LogP contribution in [0, 0.1) is 17.0 Å². The van der Waals surface area contributed by atoms with Crippen LogP contribution in [0.15, 0.2) is 42.5 Å². The summed E-state index contributed by atoms with van der Waals surface area (Å²) in [4.78, 5) is 22.7. The van der Waals surface area contributed by atoms with Gasteiger partial charge in [-0.3, -0.25) is 19.2 Å². The van der Waals surface area contributed by atoms with E-state index in [2.05, 4.69) is 5.32 Å². The number of ether oxygens (including phenoxy) is 2. The third-order valence-electron chi connectivity index (χ3n) is 4.93. The SMILES string of the molecule is Cc1ccc([N+](=O)[O-])cc1N(CCCC(=O)NC[C@H]1COc2ccccc2O1)S(C)(=O)=O. The number of hydrogen-bond donors (Lipinski definition) is 1. The molecule has 172 valence electrons. The van der Waals surface area contributed by atoms with Crippen LogP contribution in [-0.2, 0) is 14.8 Å². The van der Waals surface area contributed by atoms with Gasteiger partial charge in [-0.05, 0) is 31.0 Å². The van der Waals surface area contributed by atoms with Gasteiger partial charge in [0.1, 0.15) is 12.7 Å². The highest BCUT2D eigenvalue weighted by molar-refractivity contribution is 7.92. The molecule has 32 heavy (non-hydrogen) atoms. The van der Waals surface area contributed by atoms with Gasteiger partial charge in [0.2, 0.25) is 15.9 Å². The van der Waals surface area contributed by atoms with Gasteiger partial charge in [-0.1, -0.05) is 18.2 Å². The second kappa shape index (κ2) is 9.86. The Balaban J connectivity index is 1.54. The predicted octanol–water partition coefficient (Wildman–Crippen LogP) is 2.41. The van der Waals surface area contributed by atoms with Crippen LogP contribution in [0.5, 0.6) is 11.5 Å². The number of nitrogens with one attached hydrogen (secondary N) is 1. The number of aryl methyl sites for hydroxylation is 1. The number of anilines is 1. The maximum absolute atomic E-state index is 12.3. The molecule has 0 fully saturated rings. The zero-order valence-corrected chi connectivity index (χ0v) is 18.6. The number of sulfonamides is 1. The molecule has 1 heterocycles. The zero-order chi connectivity index (χ0) is 23.3. The monoisotopic (exact) mass is 463 g/mol. The molecule has 1 aliphatic rings. The van der Waals surface area contributed by atoms with Crippen LogP contribution in [0.3, 0.4) is 0 Å². The lowest BCUT2D eigenvalue weighted by atomic mass is 10.1. The van der Waals surface area contributed by atoms with Crippen LogP contribution < -0.4 is 19.1 Å². The maximum atomic E-state index is 12.3. The molecule has 10 nitrogen and oxygen atoms in total. The lowest BCUT2D eigenvalue weighted by molar-refractivity contribution is -0.384. The number of benzene rings is 2. The van der Waals surface area contributed by atoms with Crippen molar-refractivity contribution in [3.63, 3.8) is 0 Å². The lowest BCUT2D eigenvalue weighted by Crippen LogP contribution is -2.41. The molecule has 0 unspecified atom stereocenters. The molecule has 2 aromatic rings. The van der Waals surface area contributed by atoms with E-state index < -0.39 is 14.9 Å². The Hall–Kier alpha value is -3.34. The summed E-state index contributed by atoms with van der Waals surface area (Å²) < 4.78 is 37.1. The molecule has 1 aliphatic heterocycles. The number of nitrogens with zero attached hydrogens (tertiary/aromatic N) is 2. The van der Waals surface area contributed by atoms with Crippen LogP contribution in [-0.4, -0.2) is 51.3 Å². The van der Waals surface area contributed by atoms with E-state index in [0.717, 1.165) is 10.6 Å². The first-order chi connectivity index (χ1) is 15.1. The summed E-state index contributed by atoms with van der Waals surface area (Å²) in [6.07, 6.45) is 1.04. The van der Waals surface area contributed by atoms with E-state index in [9.17, 15) is 23.3 Å². The first kappa shape index (κ1) is 23.3. The Morgan fingerprint density at radius 3 is 2.66 bits per heavy atom. The zero-order valence-electron chi connectivity index (χ0n) is 17.8. The van der Waals surface area contributed by atoms with Crippen molar-refractivity contribution in [2.24, 2.45) is 0 Å². The van der Waals surface area contributed by atoms with Gasteiger partial charge in [0.25, 0.3) is 5.69 Å². The molecule has 1 N–H and O–H groups in total. The highest BCUT2D eigenvalue weighted by atomic mass is 32.2. The molecule has 0 bridgehead atoms. The Bertz CT molecular complexity index is 1100. The first-order valence-electron chi connectivity index (χ1n) is 10.0. The molecular weight excluding hydrogens is 438 g/mol. The van der Waals surface area contributed by atoms with Crippen LogP contribution >= 0.6 is 0 Å². The van der Waals surface area contributed by atoms with Gasteiger partial charge in [0, 0.05) is 25.1 Å². The summed E-state index contributed by atoms with van der Waals surface area (Å²) in [7, 11) is -3.70. The number of amides is 1. The Morgan fingerprint density at radius 1 is 1.25 bits per heavy atom. The fourth-order valence-electron chi connectivity index (χ4n) is 3.31. The predicted molar refractivity (Wildman–Crippen MR) is 119 cm³/mol. The summed E-state index contributed by atoms with van der Waals surface area (Å²) in [5, 5.41) is 13.8. The van der Waals surface area contributed by atoms with Gasteiger partial charge in [0.05, 0.1) is 23.4 Å². The molecule has 0 aliphatic carbocycles. The number of hydrogen-bond acceptors (Lipinski definition) is 7. The Labute approximate surface area is 186 Å². The van der Waals surface area contributed by atoms with E-state index in [1.54, 1.807) is 19.1 Å². The normalized spacial score (nSPS) is 15.1. The van der Waals surface area contributed by atoms with Crippen molar-refractivity contribution >= 4 is 27.3 Å². The average molecular weight is 464 g/mol. The van der Waals surface area contributed by atoms with E-state index in [1.807, 2.05) is 12.1 Å². The van der Waals surface area contributed by atoms with E-state index >= 15 is 0 Å². The van der Waals surface area contributed by atoms with Crippen molar-refractivity contribution in [1.29, 1.82) is 0 Å². The Morgan fingerprint density at radius 2 is 1.97 bits per heavy atom. The van der Waals surface area contributed by atoms with Gasteiger partial charge in [-0.15, -0.1) is 0 Å². The van der Waals surface area contributed by atoms with Crippen molar-refractivity contribution in [1.82, 2.24) is 5.32 Å². The van der Waals surface area contributed by atoms with E-state index in [0.29, 0.717) is 23.7 Å². The van der Waals surface area contributed by atoms with E-state index in [-0.39, 0.29) is 49.3 Å². The number of rotatable bonds is 9. The number of non-ortho nitro benzene ring substituents is 1. The molecule has 11 heteroatoms. The molecule has 0 saturated heterocycles. The summed E-state index contributed by atoms with van der Waals surface area (Å²) in [6, 6.07) is 11.3. The van der Waals surface area contributed by atoms with E-state index in [4.69, 9.17) is 9.47 Å². The number of para-hydroxylation sites is 2. The van der Waals surface area contributed by atoms with Gasteiger partial charge >= 0.3 is 0 Å². The minimum atomic E-state index is -3.70. The first-order valence-corrected chi connectivity index (χ1v) is 11.9. The minimum absolute atomic E-state index is 0.0185. The van der Waals surface area contributed by atoms with Crippen LogP contribution in [0.25, 0.3) is 0 Å².